The fourth-order valence-electron chi connectivity index (χ4n) is 4.61. The number of fused-ring (bicyclic) bond motifs is 1. The van der Waals surface area contributed by atoms with Gasteiger partial charge in [0.1, 0.15) is 27.2 Å². The largest absolute Gasteiger partial charge is 0.486 e. The van der Waals surface area contributed by atoms with Crippen molar-refractivity contribution in [2.75, 3.05) is 13.2 Å². The maximum Gasteiger partial charge on any atom is 0.303 e. The molecule has 0 unspecified atom stereocenters. The number of hydrogen-bond acceptors (Lipinski definition) is 9. The van der Waals surface area contributed by atoms with Crippen molar-refractivity contribution in [1.29, 1.82) is 0 Å². The Morgan fingerprint density at radius 3 is 2.16 bits per heavy atom. The van der Waals surface area contributed by atoms with Crippen molar-refractivity contribution in [1.82, 2.24) is 0 Å². The van der Waals surface area contributed by atoms with Crippen LogP contribution in [-0.2, 0) is 39.8 Å². The van der Waals surface area contributed by atoms with Crippen LogP contribution in [0, 0.1) is 0 Å². The molecule has 1 fully saturated rings. The second-order valence-electron chi connectivity index (χ2n) is 8.99. The van der Waals surface area contributed by atoms with Crippen molar-refractivity contribution < 1.29 is 42.8 Å². The number of rotatable bonds is 6. The fourth-order valence-corrected chi connectivity index (χ4v) is 4.79. The van der Waals surface area contributed by atoms with Crippen LogP contribution in [0.4, 0.5) is 0 Å². The fraction of sp³-hybridized carbons (Fsp3) is 0.423. The zero-order valence-electron chi connectivity index (χ0n) is 21.0. The van der Waals surface area contributed by atoms with Crippen LogP contribution >= 0.6 is 11.6 Å². The first-order valence-corrected chi connectivity index (χ1v) is 12.3. The summed E-state index contributed by atoms with van der Waals surface area (Å²) in [7, 11) is 1.70. The Balaban J connectivity index is 1.67. The molecule has 9 nitrogen and oxygen atoms in total. The normalized spacial score (nSPS) is 24.6. The second kappa shape index (κ2) is 11.4. The second-order valence-corrected chi connectivity index (χ2v) is 9.40. The summed E-state index contributed by atoms with van der Waals surface area (Å²) in [6, 6.07) is 10.4. The summed E-state index contributed by atoms with van der Waals surface area (Å²) in [5, 5.41) is 0.542. The summed E-state index contributed by atoms with van der Waals surface area (Å²) in [4.78, 5) is 35.7. The Kier molecular flexibility index (Phi) is 8.29. The number of carbonyl (C=O) groups excluding carboxylic acids is 3. The lowest BCUT2D eigenvalue weighted by molar-refractivity contribution is -0.235. The summed E-state index contributed by atoms with van der Waals surface area (Å²) in [6.07, 6.45) is -3.42. The van der Waals surface area contributed by atoms with Crippen molar-refractivity contribution in [3.63, 3.8) is 0 Å². The average molecular weight is 531 g/mol. The topological polar surface area (TPSA) is 107 Å². The standard InChI is InChI=1S/C26H28BClO9/c1-13(29)34-23-22(37-26(27)25(36-15(3)31)24(23)35-14(2)30)17-5-6-19(28)18(12-17)10-16-4-7-20-21(11-16)33-9-8-32-20/h4-7,11-12,22-26H,8-10,27H2,1-3H3/t22-,23-,24+,25-,26+/m0/s1. The number of carbonyl (C=O) groups is 3. The molecule has 4 rings (SSSR count). The lowest BCUT2D eigenvalue weighted by Gasteiger charge is -2.44. The Morgan fingerprint density at radius 1 is 0.865 bits per heavy atom. The van der Waals surface area contributed by atoms with Crippen LogP contribution in [0.15, 0.2) is 36.4 Å². The van der Waals surface area contributed by atoms with Crippen molar-refractivity contribution in [3.05, 3.63) is 58.1 Å². The zero-order chi connectivity index (χ0) is 26.7. The summed E-state index contributed by atoms with van der Waals surface area (Å²) < 4.78 is 34.0. The molecule has 0 saturated carbocycles. The molecule has 2 aromatic carbocycles. The third-order valence-electron chi connectivity index (χ3n) is 6.08. The molecule has 196 valence electrons. The van der Waals surface area contributed by atoms with E-state index in [1.165, 1.54) is 20.8 Å². The average Bonchev–Trinajstić information content (AvgIpc) is 2.83. The van der Waals surface area contributed by atoms with E-state index in [2.05, 4.69) is 0 Å². The van der Waals surface area contributed by atoms with Crippen LogP contribution in [0.2, 0.25) is 5.02 Å². The number of benzene rings is 2. The Bertz CT molecular complexity index is 1190. The first kappa shape index (κ1) is 26.8. The van der Waals surface area contributed by atoms with Gasteiger partial charge in [0.05, 0.1) is 6.00 Å². The highest BCUT2D eigenvalue weighted by Crippen LogP contribution is 2.38. The number of halogens is 1. The van der Waals surface area contributed by atoms with Gasteiger partial charge in [-0.15, -0.1) is 0 Å². The van der Waals surface area contributed by atoms with Gasteiger partial charge in [0.25, 0.3) is 0 Å². The summed E-state index contributed by atoms with van der Waals surface area (Å²) in [5.74, 6) is -0.413. The predicted octanol–water partition coefficient (Wildman–Crippen LogP) is 2.53. The van der Waals surface area contributed by atoms with E-state index in [0.29, 0.717) is 41.7 Å². The molecular formula is C26H28BClO9. The van der Waals surface area contributed by atoms with Gasteiger partial charge in [-0.1, -0.05) is 29.8 Å². The van der Waals surface area contributed by atoms with E-state index in [1.807, 2.05) is 24.3 Å². The van der Waals surface area contributed by atoms with E-state index in [0.717, 1.165) is 11.1 Å². The first-order chi connectivity index (χ1) is 17.6. The molecule has 11 heteroatoms. The van der Waals surface area contributed by atoms with Crippen LogP contribution in [0.1, 0.15) is 43.6 Å². The van der Waals surface area contributed by atoms with Crippen molar-refractivity contribution in [2.24, 2.45) is 0 Å². The molecule has 1 saturated heterocycles. The predicted molar refractivity (Wildman–Crippen MR) is 135 cm³/mol. The number of hydrogen-bond donors (Lipinski definition) is 0. The van der Waals surface area contributed by atoms with Crippen molar-refractivity contribution in [3.8, 4) is 11.5 Å². The van der Waals surface area contributed by atoms with Gasteiger partial charge in [-0.25, -0.2) is 0 Å². The minimum atomic E-state index is -1.07. The van der Waals surface area contributed by atoms with Crippen molar-refractivity contribution >= 4 is 37.4 Å². The van der Waals surface area contributed by atoms with E-state index >= 15 is 0 Å². The first-order valence-electron chi connectivity index (χ1n) is 12.0. The molecule has 5 atom stereocenters. The van der Waals surface area contributed by atoms with Gasteiger partial charge in [0, 0.05) is 25.8 Å². The van der Waals surface area contributed by atoms with Crippen LogP contribution in [-0.4, -0.2) is 63.3 Å². The summed E-state index contributed by atoms with van der Waals surface area (Å²) in [5.41, 5.74) is 2.43. The summed E-state index contributed by atoms with van der Waals surface area (Å²) in [6.45, 7) is 4.72. The van der Waals surface area contributed by atoms with Gasteiger partial charge >= 0.3 is 17.9 Å². The minimum absolute atomic E-state index is 0.485. The highest BCUT2D eigenvalue weighted by Gasteiger charge is 2.50. The Labute approximate surface area is 220 Å². The maximum absolute atomic E-state index is 12.0. The molecule has 0 bridgehead atoms. The third kappa shape index (κ3) is 6.37. The quantitative estimate of drug-likeness (QED) is 0.316. The van der Waals surface area contributed by atoms with Gasteiger partial charge < -0.3 is 28.4 Å². The van der Waals surface area contributed by atoms with E-state index in [1.54, 1.807) is 20.0 Å². The lowest BCUT2D eigenvalue weighted by Crippen LogP contribution is -2.58. The maximum atomic E-state index is 12.0. The minimum Gasteiger partial charge on any atom is -0.486 e. The van der Waals surface area contributed by atoms with Gasteiger partial charge in [-0.3, -0.25) is 14.4 Å². The van der Waals surface area contributed by atoms with E-state index in [9.17, 15) is 14.4 Å². The smallest absolute Gasteiger partial charge is 0.303 e. The van der Waals surface area contributed by atoms with Crippen LogP contribution in [0.25, 0.3) is 0 Å². The summed E-state index contributed by atoms with van der Waals surface area (Å²) >= 11 is 6.55. The van der Waals surface area contributed by atoms with Gasteiger partial charge in [-0.2, -0.15) is 0 Å². The van der Waals surface area contributed by atoms with Gasteiger partial charge in [0.15, 0.2) is 29.8 Å². The molecule has 2 aromatic rings. The molecule has 0 aliphatic carbocycles. The Morgan fingerprint density at radius 2 is 1.49 bits per heavy atom. The molecule has 37 heavy (non-hydrogen) atoms. The van der Waals surface area contributed by atoms with Crippen LogP contribution in [0.3, 0.4) is 0 Å². The van der Waals surface area contributed by atoms with Crippen molar-refractivity contribution in [2.45, 2.75) is 57.6 Å². The zero-order valence-corrected chi connectivity index (χ0v) is 21.8. The van der Waals surface area contributed by atoms with Gasteiger partial charge in [-0.05, 0) is 41.3 Å². The molecule has 0 N–H and O–H groups in total. The number of ether oxygens (including phenoxy) is 6. The molecule has 2 heterocycles. The highest BCUT2D eigenvalue weighted by molar-refractivity contribution is 6.31. The van der Waals surface area contributed by atoms with Gasteiger partial charge in [0.2, 0.25) is 0 Å². The van der Waals surface area contributed by atoms with Crippen LogP contribution < -0.4 is 9.47 Å². The van der Waals surface area contributed by atoms with Crippen LogP contribution in [0.5, 0.6) is 11.5 Å². The molecule has 0 spiro atoms. The molecule has 0 radical (unpaired) electrons. The molecule has 2 aliphatic rings. The van der Waals surface area contributed by atoms with E-state index < -0.39 is 48.3 Å². The van der Waals surface area contributed by atoms with E-state index in [-0.39, 0.29) is 0 Å². The molecule has 0 aromatic heterocycles. The SMILES string of the molecule is B[C@@H]1O[C@@H](c2ccc(Cl)c(Cc3ccc4c(c3)OCCO4)c2)[C@H](OC(C)=O)[C@@H](OC(C)=O)[C@@H]1OC(C)=O. The lowest BCUT2D eigenvalue weighted by atomic mass is 9.82. The third-order valence-corrected chi connectivity index (χ3v) is 6.44. The number of esters is 3. The molecular weight excluding hydrogens is 503 g/mol. The molecule has 2 aliphatic heterocycles. The van der Waals surface area contributed by atoms with E-state index in [4.69, 9.17) is 40.0 Å². The Hall–Kier alpha value is -3.24. The highest BCUT2D eigenvalue weighted by atomic mass is 35.5. The molecule has 0 amide bonds. The monoisotopic (exact) mass is 530 g/mol.